The lowest BCUT2D eigenvalue weighted by atomic mass is 9.92. The lowest BCUT2D eigenvalue weighted by Gasteiger charge is -2.27. The number of fused-ring (bicyclic) bond motifs is 1. The van der Waals surface area contributed by atoms with Crippen molar-refractivity contribution in [1.29, 1.82) is 0 Å². The zero-order valence-corrected chi connectivity index (χ0v) is 20.6. The third-order valence-electron chi connectivity index (χ3n) is 6.32. The van der Waals surface area contributed by atoms with Gasteiger partial charge in [0.25, 0.3) is 0 Å². The minimum atomic E-state index is 0.266. The zero-order chi connectivity index (χ0) is 23.5. The van der Waals surface area contributed by atoms with E-state index >= 15 is 0 Å². The number of benzene rings is 1. The van der Waals surface area contributed by atoms with Gasteiger partial charge in [0, 0.05) is 47.7 Å². The van der Waals surface area contributed by atoms with Crippen molar-refractivity contribution in [3.05, 3.63) is 47.7 Å². The van der Waals surface area contributed by atoms with E-state index in [1.54, 1.807) is 11.3 Å². The highest BCUT2D eigenvalue weighted by molar-refractivity contribution is 7.15. The summed E-state index contributed by atoms with van der Waals surface area (Å²) in [6, 6.07) is 11.2. The second-order valence-electron chi connectivity index (χ2n) is 9.24. The highest BCUT2D eigenvalue weighted by Gasteiger charge is 2.21. The van der Waals surface area contributed by atoms with E-state index < -0.39 is 0 Å². The van der Waals surface area contributed by atoms with Crippen LogP contribution in [0.5, 0.6) is 0 Å². The summed E-state index contributed by atoms with van der Waals surface area (Å²) in [7, 11) is 0. The van der Waals surface area contributed by atoms with Crippen LogP contribution in [0.15, 0.2) is 42.9 Å². The highest BCUT2D eigenvalue weighted by atomic mass is 32.1. The number of nitrogens with two attached hydrogens (primary N) is 1. The summed E-state index contributed by atoms with van der Waals surface area (Å²) in [5.41, 5.74) is 8.89. The maximum Gasteiger partial charge on any atom is 0.227 e. The van der Waals surface area contributed by atoms with Crippen molar-refractivity contribution < 1.29 is 0 Å². The van der Waals surface area contributed by atoms with Crippen molar-refractivity contribution in [1.82, 2.24) is 24.5 Å². The molecule has 9 heteroatoms. The Morgan fingerprint density at radius 2 is 1.88 bits per heavy atom. The van der Waals surface area contributed by atoms with Crippen LogP contribution < -0.4 is 16.4 Å². The number of nitrogens with zero attached hydrogens (tertiary/aromatic N) is 5. The molecular weight excluding hydrogens is 444 g/mol. The molecule has 3 aromatic heterocycles. The van der Waals surface area contributed by atoms with Crippen LogP contribution >= 0.6 is 11.3 Å². The Morgan fingerprint density at radius 3 is 2.65 bits per heavy atom. The summed E-state index contributed by atoms with van der Waals surface area (Å²) in [6.45, 7) is 5.02. The van der Waals surface area contributed by atoms with Gasteiger partial charge < -0.3 is 20.9 Å². The number of hydrogen-bond acceptors (Lipinski definition) is 8. The second-order valence-corrected chi connectivity index (χ2v) is 10.4. The first kappa shape index (κ1) is 22.7. The third-order valence-corrected chi connectivity index (χ3v) is 7.43. The van der Waals surface area contributed by atoms with Crippen LogP contribution in [0, 0.1) is 0 Å². The van der Waals surface area contributed by atoms with Crippen molar-refractivity contribution in [2.45, 2.75) is 64.1 Å². The van der Waals surface area contributed by atoms with E-state index in [4.69, 9.17) is 15.7 Å². The van der Waals surface area contributed by atoms with Crippen LogP contribution in [0.1, 0.15) is 50.4 Å². The van der Waals surface area contributed by atoms with Gasteiger partial charge in [-0.3, -0.25) is 0 Å². The fourth-order valence-electron chi connectivity index (χ4n) is 4.37. The maximum absolute atomic E-state index is 6.08. The molecule has 5 rings (SSSR count). The Kier molecular flexibility index (Phi) is 6.73. The zero-order valence-electron chi connectivity index (χ0n) is 19.7. The van der Waals surface area contributed by atoms with Crippen LogP contribution in [-0.2, 0) is 6.42 Å². The Labute approximate surface area is 204 Å². The number of thiazole rings is 1. The Hall–Kier alpha value is -3.04. The second kappa shape index (κ2) is 10.1. The number of anilines is 2. The van der Waals surface area contributed by atoms with Gasteiger partial charge in [0.1, 0.15) is 5.01 Å². The SMILES string of the molecule is CC(C)n1cnc2c(NCCc3cnc(-c4ccccc4)s3)nc(NC3CCC(N)CC3)nc21. The lowest BCUT2D eigenvalue weighted by Crippen LogP contribution is -2.33. The molecule has 1 aliphatic carbocycles. The number of hydrogen-bond donors (Lipinski definition) is 3. The molecule has 8 nitrogen and oxygen atoms in total. The topological polar surface area (TPSA) is 107 Å². The average molecular weight is 477 g/mol. The molecule has 0 unspecified atom stereocenters. The number of imidazole rings is 1. The van der Waals surface area contributed by atoms with E-state index in [1.165, 1.54) is 4.88 Å². The van der Waals surface area contributed by atoms with E-state index in [1.807, 2.05) is 30.7 Å². The maximum atomic E-state index is 6.08. The molecule has 178 valence electrons. The monoisotopic (exact) mass is 476 g/mol. The van der Waals surface area contributed by atoms with E-state index in [0.717, 1.165) is 66.2 Å². The largest absolute Gasteiger partial charge is 0.368 e. The summed E-state index contributed by atoms with van der Waals surface area (Å²) in [6.07, 6.45) is 8.86. The Balaban J connectivity index is 1.32. The van der Waals surface area contributed by atoms with Gasteiger partial charge in [-0.25, -0.2) is 9.97 Å². The fourth-order valence-corrected chi connectivity index (χ4v) is 5.29. The standard InChI is InChI=1S/C25H32N8S/c1-16(2)33-15-29-21-22(31-25(32-23(21)33)30-19-10-8-18(26)9-11-19)27-13-12-20-14-28-24(34-20)17-6-4-3-5-7-17/h3-7,14-16,18-19H,8-13,26H2,1-2H3,(H2,27,30,31,32). The molecule has 0 atom stereocenters. The quantitative estimate of drug-likeness (QED) is 0.333. The van der Waals surface area contributed by atoms with Crippen molar-refractivity contribution in [3.63, 3.8) is 0 Å². The van der Waals surface area contributed by atoms with Crippen LogP contribution in [0.25, 0.3) is 21.7 Å². The molecule has 0 radical (unpaired) electrons. The molecule has 0 saturated heterocycles. The smallest absolute Gasteiger partial charge is 0.227 e. The first-order valence-electron chi connectivity index (χ1n) is 12.1. The number of aromatic nitrogens is 5. The minimum absolute atomic E-state index is 0.266. The van der Waals surface area contributed by atoms with E-state index in [-0.39, 0.29) is 6.04 Å². The first-order valence-corrected chi connectivity index (χ1v) is 12.9. The normalized spacial score (nSPS) is 18.5. The average Bonchev–Trinajstić information content (AvgIpc) is 3.49. The summed E-state index contributed by atoms with van der Waals surface area (Å²) in [4.78, 5) is 20.1. The first-order chi connectivity index (χ1) is 16.6. The van der Waals surface area contributed by atoms with Crippen molar-refractivity contribution in [3.8, 4) is 10.6 Å². The minimum Gasteiger partial charge on any atom is -0.368 e. The predicted molar refractivity (Wildman–Crippen MR) is 139 cm³/mol. The molecule has 0 amide bonds. The van der Waals surface area contributed by atoms with Gasteiger partial charge >= 0.3 is 0 Å². The lowest BCUT2D eigenvalue weighted by molar-refractivity contribution is 0.410. The summed E-state index contributed by atoms with van der Waals surface area (Å²) in [5.74, 6) is 1.43. The van der Waals surface area contributed by atoms with Crippen molar-refractivity contribution in [2.24, 2.45) is 5.73 Å². The molecule has 4 N–H and O–H groups in total. The van der Waals surface area contributed by atoms with E-state index in [9.17, 15) is 0 Å². The van der Waals surface area contributed by atoms with Gasteiger partial charge in [-0.2, -0.15) is 9.97 Å². The molecule has 1 aromatic carbocycles. The molecule has 0 bridgehead atoms. The molecule has 1 saturated carbocycles. The molecule has 0 spiro atoms. The molecule has 34 heavy (non-hydrogen) atoms. The van der Waals surface area contributed by atoms with Gasteiger partial charge in [0.15, 0.2) is 17.0 Å². The molecule has 1 fully saturated rings. The Bertz CT molecular complexity index is 1220. The van der Waals surface area contributed by atoms with Gasteiger partial charge in [0.2, 0.25) is 5.95 Å². The van der Waals surface area contributed by atoms with Gasteiger partial charge in [-0.05, 0) is 39.5 Å². The molecule has 1 aliphatic rings. The van der Waals surface area contributed by atoms with Crippen LogP contribution in [-0.4, -0.2) is 43.1 Å². The van der Waals surface area contributed by atoms with Crippen molar-refractivity contribution >= 4 is 34.3 Å². The summed E-state index contributed by atoms with van der Waals surface area (Å²) < 4.78 is 2.10. The van der Waals surface area contributed by atoms with Crippen LogP contribution in [0.4, 0.5) is 11.8 Å². The van der Waals surface area contributed by atoms with Gasteiger partial charge in [0.05, 0.1) is 6.33 Å². The molecule has 3 heterocycles. The number of rotatable bonds is 8. The predicted octanol–water partition coefficient (Wildman–Crippen LogP) is 4.87. The molecular formula is C25H32N8S. The van der Waals surface area contributed by atoms with E-state index in [0.29, 0.717) is 18.0 Å². The third kappa shape index (κ3) is 5.05. The van der Waals surface area contributed by atoms with Crippen LogP contribution in [0.3, 0.4) is 0 Å². The van der Waals surface area contributed by atoms with Crippen LogP contribution in [0.2, 0.25) is 0 Å². The fraction of sp³-hybridized carbons (Fsp3) is 0.440. The van der Waals surface area contributed by atoms with Crippen molar-refractivity contribution in [2.75, 3.05) is 17.2 Å². The highest BCUT2D eigenvalue weighted by Crippen LogP contribution is 2.27. The summed E-state index contributed by atoms with van der Waals surface area (Å²) >= 11 is 1.73. The van der Waals surface area contributed by atoms with E-state index in [2.05, 4.69) is 51.1 Å². The Morgan fingerprint density at radius 1 is 1.09 bits per heavy atom. The van der Waals surface area contributed by atoms with Gasteiger partial charge in [-0.1, -0.05) is 30.3 Å². The molecule has 0 aliphatic heterocycles. The number of nitrogens with one attached hydrogen (secondary N) is 2. The molecule has 4 aromatic rings. The van der Waals surface area contributed by atoms with Gasteiger partial charge in [-0.15, -0.1) is 11.3 Å². The summed E-state index contributed by atoms with van der Waals surface area (Å²) in [5, 5.41) is 8.12.